The Balaban J connectivity index is 1.46. The smallest absolute Gasteiger partial charge is 0.173 e. The van der Waals surface area contributed by atoms with E-state index in [4.69, 9.17) is 4.74 Å². The van der Waals surface area contributed by atoms with Crippen LogP contribution in [0, 0.1) is 5.92 Å². The first-order chi connectivity index (χ1) is 12.7. The molecule has 0 fully saturated rings. The van der Waals surface area contributed by atoms with Crippen molar-refractivity contribution >= 4 is 5.78 Å². The largest absolute Gasteiger partial charge is 0.496 e. The van der Waals surface area contributed by atoms with Gasteiger partial charge in [-0.2, -0.15) is 0 Å². The predicted molar refractivity (Wildman–Crippen MR) is 100 cm³/mol. The molecule has 1 aromatic heterocycles. The molecule has 1 aliphatic rings. The van der Waals surface area contributed by atoms with Crippen molar-refractivity contribution in [3.8, 4) is 5.75 Å². The molecular formula is C23H22NO2+. The van der Waals surface area contributed by atoms with Gasteiger partial charge in [0.05, 0.1) is 12.7 Å². The second-order valence-electron chi connectivity index (χ2n) is 6.83. The van der Waals surface area contributed by atoms with Crippen molar-refractivity contribution in [1.29, 1.82) is 0 Å². The second kappa shape index (κ2) is 7.12. The van der Waals surface area contributed by atoms with Crippen LogP contribution in [0.5, 0.6) is 5.75 Å². The van der Waals surface area contributed by atoms with Crippen molar-refractivity contribution in [2.45, 2.75) is 19.4 Å². The fourth-order valence-electron chi connectivity index (χ4n) is 3.73. The van der Waals surface area contributed by atoms with E-state index in [1.54, 1.807) is 7.11 Å². The third-order valence-electron chi connectivity index (χ3n) is 5.07. The highest BCUT2D eigenvalue weighted by molar-refractivity contribution is 6.04. The molecule has 0 saturated carbocycles. The minimum atomic E-state index is 0.00581. The summed E-state index contributed by atoms with van der Waals surface area (Å²) in [6, 6.07) is 20.5. The number of hydrogen-bond acceptors (Lipinski definition) is 2. The molecule has 130 valence electrons. The van der Waals surface area contributed by atoms with Gasteiger partial charge in [-0.1, -0.05) is 42.5 Å². The van der Waals surface area contributed by atoms with Crippen LogP contribution in [-0.2, 0) is 19.4 Å². The summed E-state index contributed by atoms with van der Waals surface area (Å²) in [6.45, 7) is 0.853. The number of hydrogen-bond donors (Lipinski definition) is 0. The first-order valence-electron chi connectivity index (χ1n) is 8.96. The van der Waals surface area contributed by atoms with E-state index in [1.165, 1.54) is 11.1 Å². The molecule has 0 bridgehead atoms. The van der Waals surface area contributed by atoms with Crippen LogP contribution in [0.25, 0.3) is 0 Å². The summed E-state index contributed by atoms with van der Waals surface area (Å²) in [5.41, 5.74) is 4.35. The number of fused-ring (bicyclic) bond motifs is 1. The molecule has 1 unspecified atom stereocenters. The molecule has 0 amide bonds. The van der Waals surface area contributed by atoms with Crippen molar-refractivity contribution in [2.24, 2.45) is 5.92 Å². The molecule has 3 aromatic rings. The Hall–Kier alpha value is -2.94. The van der Waals surface area contributed by atoms with Gasteiger partial charge in [-0.3, -0.25) is 4.79 Å². The van der Waals surface area contributed by atoms with Gasteiger partial charge in [0.2, 0.25) is 0 Å². The number of methoxy groups -OCH3 is 1. The molecule has 3 heteroatoms. The van der Waals surface area contributed by atoms with Crippen molar-refractivity contribution in [1.82, 2.24) is 0 Å². The topological polar surface area (TPSA) is 30.2 Å². The van der Waals surface area contributed by atoms with E-state index in [2.05, 4.69) is 53.4 Å². The van der Waals surface area contributed by atoms with Crippen LogP contribution in [-0.4, -0.2) is 12.9 Å². The Labute approximate surface area is 153 Å². The number of ketones is 1. The lowest BCUT2D eigenvalue weighted by molar-refractivity contribution is -0.688. The Kier molecular flexibility index (Phi) is 4.53. The van der Waals surface area contributed by atoms with E-state index in [0.29, 0.717) is 5.75 Å². The van der Waals surface area contributed by atoms with Gasteiger partial charge in [-0.05, 0) is 30.0 Å². The zero-order valence-electron chi connectivity index (χ0n) is 14.9. The maximum absolute atomic E-state index is 12.8. The van der Waals surface area contributed by atoms with Gasteiger partial charge in [0.15, 0.2) is 24.7 Å². The highest BCUT2D eigenvalue weighted by Crippen LogP contribution is 2.34. The zero-order valence-corrected chi connectivity index (χ0v) is 14.9. The first-order valence-corrected chi connectivity index (χ1v) is 8.96. The molecule has 0 N–H and O–H groups in total. The van der Waals surface area contributed by atoms with E-state index < -0.39 is 0 Å². The number of pyridine rings is 1. The summed E-state index contributed by atoms with van der Waals surface area (Å²) in [7, 11) is 1.62. The van der Waals surface area contributed by atoms with Gasteiger partial charge in [-0.25, -0.2) is 4.57 Å². The van der Waals surface area contributed by atoms with Crippen molar-refractivity contribution < 1.29 is 14.1 Å². The van der Waals surface area contributed by atoms with Crippen LogP contribution < -0.4 is 9.30 Å². The van der Waals surface area contributed by atoms with Gasteiger partial charge in [-0.15, -0.1) is 0 Å². The highest BCUT2D eigenvalue weighted by atomic mass is 16.5. The summed E-state index contributed by atoms with van der Waals surface area (Å²) in [5.74, 6) is 0.911. The van der Waals surface area contributed by atoms with Crippen LogP contribution >= 0.6 is 0 Å². The van der Waals surface area contributed by atoms with Gasteiger partial charge >= 0.3 is 0 Å². The number of nitrogens with zero attached hydrogens (tertiary/aromatic N) is 1. The maximum atomic E-state index is 12.8. The number of benzene rings is 2. The SMILES string of the molecule is COc1cccc2c1C(=O)C(Cc1cc[n+](Cc3ccccc3)cc1)C2. The van der Waals surface area contributed by atoms with E-state index in [9.17, 15) is 4.79 Å². The average Bonchev–Trinajstić information content (AvgIpc) is 3.00. The Morgan fingerprint density at radius 2 is 1.73 bits per heavy atom. The molecule has 0 aliphatic heterocycles. The third-order valence-corrected chi connectivity index (χ3v) is 5.07. The number of carbonyl (C=O) groups is 1. The summed E-state index contributed by atoms with van der Waals surface area (Å²) >= 11 is 0. The lowest BCUT2D eigenvalue weighted by Crippen LogP contribution is -2.33. The predicted octanol–water partition coefficient (Wildman–Crippen LogP) is 3.63. The third kappa shape index (κ3) is 3.25. The maximum Gasteiger partial charge on any atom is 0.173 e. The summed E-state index contributed by atoms with van der Waals surface area (Å²) in [5, 5.41) is 0. The highest BCUT2D eigenvalue weighted by Gasteiger charge is 2.33. The fourth-order valence-corrected chi connectivity index (χ4v) is 3.73. The lowest BCUT2D eigenvalue weighted by atomic mass is 9.96. The first kappa shape index (κ1) is 16.5. The quantitative estimate of drug-likeness (QED) is 0.662. The van der Waals surface area contributed by atoms with Gasteiger partial charge < -0.3 is 4.74 Å². The Morgan fingerprint density at radius 3 is 2.46 bits per heavy atom. The molecule has 2 aromatic carbocycles. The van der Waals surface area contributed by atoms with Crippen LogP contribution in [0.2, 0.25) is 0 Å². The molecule has 26 heavy (non-hydrogen) atoms. The molecule has 0 radical (unpaired) electrons. The average molecular weight is 344 g/mol. The molecule has 1 atom stereocenters. The van der Waals surface area contributed by atoms with Gasteiger partial charge in [0, 0.05) is 23.6 Å². The second-order valence-corrected chi connectivity index (χ2v) is 6.83. The molecule has 0 saturated heterocycles. The number of aromatic nitrogens is 1. The van der Waals surface area contributed by atoms with Crippen LogP contribution in [0.4, 0.5) is 0 Å². The summed E-state index contributed by atoms with van der Waals surface area (Å²) in [4.78, 5) is 12.8. The standard InChI is InChI=1S/C23H22NO2/c1-26-21-9-5-8-19-15-20(23(25)22(19)21)14-17-10-12-24(13-11-17)16-18-6-3-2-4-7-18/h2-13,20H,14-16H2,1H3/q+1. The molecule has 4 rings (SSSR count). The Bertz CT molecular complexity index is 917. The van der Waals surface area contributed by atoms with E-state index >= 15 is 0 Å². The molecule has 1 heterocycles. The van der Waals surface area contributed by atoms with Crippen LogP contribution in [0.3, 0.4) is 0 Å². The molecule has 1 aliphatic carbocycles. The van der Waals surface area contributed by atoms with Crippen molar-refractivity contribution in [3.63, 3.8) is 0 Å². The Morgan fingerprint density at radius 1 is 0.962 bits per heavy atom. The number of carbonyl (C=O) groups excluding carboxylic acids is 1. The monoisotopic (exact) mass is 344 g/mol. The van der Waals surface area contributed by atoms with E-state index in [1.807, 2.05) is 24.3 Å². The molecule has 3 nitrogen and oxygen atoms in total. The van der Waals surface area contributed by atoms with E-state index in [-0.39, 0.29) is 11.7 Å². The minimum absolute atomic E-state index is 0.00581. The molecular weight excluding hydrogens is 322 g/mol. The number of rotatable bonds is 5. The van der Waals surface area contributed by atoms with Crippen molar-refractivity contribution in [2.75, 3.05) is 7.11 Å². The summed E-state index contributed by atoms with van der Waals surface area (Å²) < 4.78 is 7.53. The van der Waals surface area contributed by atoms with Crippen molar-refractivity contribution in [3.05, 3.63) is 95.3 Å². The molecule has 0 spiro atoms. The number of Topliss-reactive ketones (excluding diaryl/α,β-unsaturated/α-hetero) is 1. The number of ether oxygens (including phenoxy) is 1. The normalized spacial score (nSPS) is 15.7. The van der Waals surface area contributed by atoms with Gasteiger partial charge in [0.25, 0.3) is 0 Å². The minimum Gasteiger partial charge on any atom is -0.496 e. The van der Waals surface area contributed by atoms with Gasteiger partial charge in [0.1, 0.15) is 5.75 Å². The van der Waals surface area contributed by atoms with E-state index in [0.717, 1.165) is 30.5 Å². The lowest BCUT2D eigenvalue weighted by Gasteiger charge is -2.08. The van der Waals surface area contributed by atoms with Crippen LogP contribution in [0.1, 0.15) is 27.0 Å². The van der Waals surface area contributed by atoms with Crippen LogP contribution in [0.15, 0.2) is 73.1 Å². The fraction of sp³-hybridized carbons (Fsp3) is 0.217. The zero-order chi connectivity index (χ0) is 17.9. The summed E-state index contributed by atoms with van der Waals surface area (Å²) in [6.07, 6.45) is 5.75.